The molecule has 96 valence electrons. The van der Waals surface area contributed by atoms with Crippen LogP contribution < -0.4 is 15.4 Å². The Morgan fingerprint density at radius 2 is 2.11 bits per heavy atom. The summed E-state index contributed by atoms with van der Waals surface area (Å²) in [6.07, 6.45) is 1.53. The first-order valence-electron chi connectivity index (χ1n) is 5.69. The van der Waals surface area contributed by atoms with E-state index in [1.54, 1.807) is 18.1 Å². The lowest BCUT2D eigenvalue weighted by Crippen LogP contribution is -2.14. The molecule has 0 spiro atoms. The molecule has 0 atom stereocenters. The summed E-state index contributed by atoms with van der Waals surface area (Å²) in [5.74, 6) is 1.26. The Hall–Kier alpha value is -2.74. The van der Waals surface area contributed by atoms with Gasteiger partial charge in [0.05, 0.1) is 30.2 Å². The normalized spacial score (nSPS) is 9.74. The summed E-state index contributed by atoms with van der Waals surface area (Å²) in [6, 6.07) is 11.2. The van der Waals surface area contributed by atoms with Gasteiger partial charge in [-0.3, -0.25) is 0 Å². The second-order valence-corrected chi connectivity index (χ2v) is 3.98. The zero-order valence-corrected chi connectivity index (χ0v) is 10.8. The number of nitrogens with zero attached hydrogens (tertiary/aromatic N) is 3. The van der Waals surface area contributed by atoms with Gasteiger partial charge in [-0.2, -0.15) is 5.26 Å². The number of para-hydroxylation sites is 2. The zero-order valence-electron chi connectivity index (χ0n) is 10.8. The molecule has 0 aliphatic carbocycles. The Bertz CT molecular complexity index is 634. The number of hydrogen-bond donors (Lipinski definition) is 1. The summed E-state index contributed by atoms with van der Waals surface area (Å²) in [4.78, 5) is 6.03. The first-order chi connectivity index (χ1) is 9.17. The summed E-state index contributed by atoms with van der Waals surface area (Å²) < 4.78 is 5.31. The zero-order chi connectivity index (χ0) is 13.8. The van der Waals surface area contributed by atoms with Crippen molar-refractivity contribution < 1.29 is 4.74 Å². The van der Waals surface area contributed by atoms with E-state index >= 15 is 0 Å². The first-order valence-corrected chi connectivity index (χ1v) is 5.69. The minimum absolute atomic E-state index is 0.424. The van der Waals surface area contributed by atoms with Crippen LogP contribution in [0.2, 0.25) is 0 Å². The summed E-state index contributed by atoms with van der Waals surface area (Å²) >= 11 is 0. The maximum atomic E-state index is 9.16. The lowest BCUT2D eigenvalue weighted by molar-refractivity contribution is 0.415. The molecule has 1 aromatic heterocycles. The van der Waals surface area contributed by atoms with Crippen LogP contribution in [0.4, 0.5) is 17.2 Å². The number of nitrogen functional groups attached to an aromatic ring is 1. The lowest BCUT2D eigenvalue weighted by atomic mass is 10.2. The van der Waals surface area contributed by atoms with Crippen LogP contribution >= 0.6 is 0 Å². The van der Waals surface area contributed by atoms with Gasteiger partial charge in [0.15, 0.2) is 5.82 Å². The number of methoxy groups -OCH3 is 1. The predicted octanol–water partition coefficient (Wildman–Crippen LogP) is 2.31. The van der Waals surface area contributed by atoms with E-state index in [4.69, 9.17) is 15.7 Å². The van der Waals surface area contributed by atoms with Crippen molar-refractivity contribution in [2.45, 2.75) is 0 Å². The van der Waals surface area contributed by atoms with E-state index in [-0.39, 0.29) is 0 Å². The van der Waals surface area contributed by atoms with Crippen LogP contribution in [0, 0.1) is 11.3 Å². The molecule has 0 radical (unpaired) electrons. The minimum Gasteiger partial charge on any atom is -0.495 e. The van der Waals surface area contributed by atoms with Gasteiger partial charge >= 0.3 is 0 Å². The first kappa shape index (κ1) is 12.7. The molecule has 2 rings (SSSR count). The highest BCUT2D eigenvalue weighted by Crippen LogP contribution is 2.32. The Kier molecular flexibility index (Phi) is 3.53. The Morgan fingerprint density at radius 3 is 2.79 bits per heavy atom. The van der Waals surface area contributed by atoms with Gasteiger partial charge in [0.25, 0.3) is 0 Å². The molecule has 1 aromatic carbocycles. The number of rotatable bonds is 3. The number of ether oxygens (including phenoxy) is 1. The molecule has 19 heavy (non-hydrogen) atoms. The molecule has 0 saturated carbocycles. The predicted molar refractivity (Wildman–Crippen MR) is 74.4 cm³/mol. The topological polar surface area (TPSA) is 75.2 Å². The van der Waals surface area contributed by atoms with E-state index in [0.717, 1.165) is 5.69 Å². The van der Waals surface area contributed by atoms with Gasteiger partial charge in [0, 0.05) is 7.05 Å². The number of benzene rings is 1. The number of pyridine rings is 1. The number of anilines is 3. The summed E-state index contributed by atoms with van der Waals surface area (Å²) in [7, 11) is 3.44. The number of nitriles is 1. The molecule has 5 nitrogen and oxygen atoms in total. The van der Waals surface area contributed by atoms with Crippen LogP contribution in [0.25, 0.3) is 0 Å². The molecule has 2 aromatic rings. The second-order valence-electron chi connectivity index (χ2n) is 3.98. The standard InChI is InChI=1S/C14H14N4O/c1-18(12-5-3-4-6-13(12)19-2)14-10(8-15)7-11(16)9-17-14/h3-7,9H,16H2,1-2H3. The van der Waals surface area contributed by atoms with Gasteiger partial charge in [-0.15, -0.1) is 0 Å². The van der Waals surface area contributed by atoms with E-state index in [2.05, 4.69) is 11.1 Å². The van der Waals surface area contributed by atoms with E-state index in [1.807, 2.05) is 31.3 Å². The molecule has 2 N–H and O–H groups in total. The van der Waals surface area contributed by atoms with Crippen LogP contribution in [-0.4, -0.2) is 19.1 Å². The minimum atomic E-state index is 0.424. The summed E-state index contributed by atoms with van der Waals surface area (Å²) in [6.45, 7) is 0. The third kappa shape index (κ3) is 2.43. The average Bonchev–Trinajstić information content (AvgIpc) is 2.46. The van der Waals surface area contributed by atoms with E-state index in [1.165, 1.54) is 6.20 Å². The van der Waals surface area contributed by atoms with Crippen LogP contribution in [0.15, 0.2) is 36.5 Å². The van der Waals surface area contributed by atoms with E-state index in [9.17, 15) is 0 Å². The number of aromatic nitrogens is 1. The quantitative estimate of drug-likeness (QED) is 0.909. The van der Waals surface area contributed by atoms with E-state index in [0.29, 0.717) is 22.8 Å². The molecule has 5 heteroatoms. The smallest absolute Gasteiger partial charge is 0.150 e. The molecule has 0 bridgehead atoms. The highest BCUT2D eigenvalue weighted by Gasteiger charge is 2.14. The lowest BCUT2D eigenvalue weighted by Gasteiger charge is -2.21. The van der Waals surface area contributed by atoms with Gasteiger partial charge in [0.1, 0.15) is 11.8 Å². The van der Waals surface area contributed by atoms with Gasteiger partial charge in [-0.25, -0.2) is 4.98 Å². The van der Waals surface area contributed by atoms with Crippen molar-refractivity contribution in [3.8, 4) is 11.8 Å². The van der Waals surface area contributed by atoms with Crippen molar-refractivity contribution in [2.24, 2.45) is 0 Å². The van der Waals surface area contributed by atoms with Gasteiger partial charge in [0.2, 0.25) is 0 Å². The molecular formula is C14H14N4O. The summed E-state index contributed by atoms with van der Waals surface area (Å²) in [5.41, 5.74) is 7.36. The van der Waals surface area contributed by atoms with Crippen molar-refractivity contribution in [1.82, 2.24) is 4.98 Å². The Balaban J connectivity index is 2.50. The van der Waals surface area contributed by atoms with Crippen molar-refractivity contribution in [3.05, 3.63) is 42.1 Å². The highest BCUT2D eigenvalue weighted by atomic mass is 16.5. The van der Waals surface area contributed by atoms with Crippen LogP contribution in [0.5, 0.6) is 5.75 Å². The monoisotopic (exact) mass is 254 g/mol. The number of nitrogens with two attached hydrogens (primary N) is 1. The molecule has 1 heterocycles. The fourth-order valence-electron chi connectivity index (χ4n) is 1.84. The van der Waals surface area contributed by atoms with Gasteiger partial charge in [-0.05, 0) is 18.2 Å². The molecule has 0 amide bonds. The van der Waals surface area contributed by atoms with Crippen molar-refractivity contribution in [3.63, 3.8) is 0 Å². The SMILES string of the molecule is COc1ccccc1N(C)c1ncc(N)cc1C#N. The maximum absolute atomic E-state index is 9.16. The molecular weight excluding hydrogens is 240 g/mol. The van der Waals surface area contributed by atoms with E-state index < -0.39 is 0 Å². The highest BCUT2D eigenvalue weighted by molar-refractivity contribution is 5.71. The third-order valence-corrected chi connectivity index (χ3v) is 2.77. The molecule has 0 aliphatic rings. The van der Waals surface area contributed by atoms with Crippen LogP contribution in [-0.2, 0) is 0 Å². The van der Waals surface area contributed by atoms with Gasteiger partial charge in [-0.1, -0.05) is 12.1 Å². The van der Waals surface area contributed by atoms with Crippen LogP contribution in [0.3, 0.4) is 0 Å². The average molecular weight is 254 g/mol. The third-order valence-electron chi connectivity index (χ3n) is 2.77. The Morgan fingerprint density at radius 1 is 1.37 bits per heavy atom. The molecule has 0 unspecified atom stereocenters. The summed E-state index contributed by atoms with van der Waals surface area (Å²) in [5, 5.41) is 9.16. The van der Waals surface area contributed by atoms with Crippen LogP contribution in [0.1, 0.15) is 5.56 Å². The van der Waals surface area contributed by atoms with Crippen molar-refractivity contribution in [2.75, 3.05) is 24.8 Å². The molecule has 0 aliphatic heterocycles. The second kappa shape index (κ2) is 5.27. The Labute approximate surface area is 111 Å². The maximum Gasteiger partial charge on any atom is 0.150 e. The molecule has 0 saturated heterocycles. The molecule has 0 fully saturated rings. The van der Waals surface area contributed by atoms with Crippen molar-refractivity contribution in [1.29, 1.82) is 5.26 Å². The fourth-order valence-corrected chi connectivity index (χ4v) is 1.84. The van der Waals surface area contributed by atoms with Crippen molar-refractivity contribution >= 4 is 17.2 Å². The number of hydrogen-bond acceptors (Lipinski definition) is 5. The fraction of sp³-hybridized carbons (Fsp3) is 0.143. The van der Waals surface area contributed by atoms with Gasteiger partial charge < -0.3 is 15.4 Å². The largest absolute Gasteiger partial charge is 0.495 e.